The number of pyridine rings is 1. The van der Waals surface area contributed by atoms with Crippen molar-refractivity contribution in [2.24, 2.45) is 5.92 Å². The van der Waals surface area contributed by atoms with Crippen molar-refractivity contribution in [1.82, 2.24) is 30.0 Å². The molecule has 2 saturated heterocycles. The minimum atomic E-state index is -0.562. The molecule has 3 aromatic rings. The molecule has 2 aliphatic rings. The molecule has 35 heavy (non-hydrogen) atoms. The van der Waals surface area contributed by atoms with Crippen LogP contribution in [0.2, 0.25) is 0 Å². The van der Waals surface area contributed by atoms with Gasteiger partial charge in [-0.3, -0.25) is 4.79 Å². The molecule has 0 radical (unpaired) electrons. The molecule has 0 saturated carbocycles. The van der Waals surface area contributed by atoms with Crippen LogP contribution in [0.4, 0.5) is 11.8 Å². The summed E-state index contributed by atoms with van der Waals surface area (Å²) in [5, 5.41) is 6.76. The lowest BCUT2D eigenvalue weighted by Crippen LogP contribution is -2.57. The van der Waals surface area contributed by atoms with Gasteiger partial charge in [-0.25, -0.2) is 9.97 Å². The minimum Gasteiger partial charge on any atom is -0.491 e. The van der Waals surface area contributed by atoms with Gasteiger partial charge >= 0.3 is 0 Å². The summed E-state index contributed by atoms with van der Waals surface area (Å²) in [6.07, 6.45) is 5.53. The lowest BCUT2D eigenvalue weighted by atomic mass is 9.95. The number of imidazole rings is 1. The second kappa shape index (κ2) is 8.99. The van der Waals surface area contributed by atoms with E-state index in [0.29, 0.717) is 36.9 Å². The fourth-order valence-electron chi connectivity index (χ4n) is 5.05. The maximum Gasteiger partial charge on any atom is 0.227 e. The second-order valence-corrected chi connectivity index (χ2v) is 10.2. The van der Waals surface area contributed by atoms with Crippen molar-refractivity contribution < 1.29 is 9.53 Å². The first-order valence-electron chi connectivity index (χ1n) is 12.2. The number of hydrogen-bond acceptors (Lipinski definition) is 8. The minimum absolute atomic E-state index is 0.0233. The van der Waals surface area contributed by atoms with Gasteiger partial charge in [0.15, 0.2) is 11.6 Å². The molecule has 0 spiro atoms. The van der Waals surface area contributed by atoms with E-state index in [1.165, 1.54) is 0 Å². The van der Waals surface area contributed by atoms with Crippen LogP contribution in [-0.4, -0.2) is 70.6 Å². The van der Waals surface area contributed by atoms with Crippen molar-refractivity contribution in [3.8, 4) is 5.75 Å². The summed E-state index contributed by atoms with van der Waals surface area (Å²) < 4.78 is 7.56. The maximum atomic E-state index is 13.1. The van der Waals surface area contributed by atoms with E-state index >= 15 is 0 Å². The number of ether oxygens (including phenoxy) is 1. The summed E-state index contributed by atoms with van der Waals surface area (Å²) in [7, 11) is 1.62. The Morgan fingerprint density at radius 2 is 1.83 bits per heavy atom. The smallest absolute Gasteiger partial charge is 0.227 e. The van der Waals surface area contributed by atoms with E-state index in [9.17, 15) is 4.79 Å². The van der Waals surface area contributed by atoms with Crippen molar-refractivity contribution in [3.63, 3.8) is 0 Å². The van der Waals surface area contributed by atoms with Crippen LogP contribution in [0.15, 0.2) is 36.8 Å². The Hall–Kier alpha value is -3.40. The number of rotatable bonds is 6. The summed E-state index contributed by atoms with van der Waals surface area (Å²) in [6.45, 7) is 11.2. The van der Waals surface area contributed by atoms with Crippen LogP contribution < -0.4 is 25.2 Å². The van der Waals surface area contributed by atoms with Gasteiger partial charge in [0.1, 0.15) is 5.65 Å². The molecule has 2 atom stereocenters. The zero-order valence-electron chi connectivity index (χ0n) is 21.0. The first-order valence-corrected chi connectivity index (χ1v) is 12.2. The lowest BCUT2D eigenvalue weighted by molar-refractivity contribution is -0.127. The van der Waals surface area contributed by atoms with Crippen LogP contribution in [0.1, 0.15) is 33.4 Å². The van der Waals surface area contributed by atoms with Gasteiger partial charge in [0.2, 0.25) is 11.9 Å². The Labute approximate surface area is 205 Å². The third-order valence-corrected chi connectivity index (χ3v) is 6.83. The van der Waals surface area contributed by atoms with Crippen molar-refractivity contribution in [2.75, 3.05) is 43.1 Å². The van der Waals surface area contributed by atoms with E-state index in [2.05, 4.69) is 44.2 Å². The summed E-state index contributed by atoms with van der Waals surface area (Å²) in [5.41, 5.74) is 1.24. The Morgan fingerprint density at radius 3 is 2.54 bits per heavy atom. The maximum absolute atomic E-state index is 13.1. The standard InChI is InChI=1S/C25H34N8O2/c1-16-12-32(13-17(2)28-16)24-27-10-19(35-5)22(29-24)31-14-18(15-31)23(34)30-25(3,4)20-11-26-21-8-6-7-9-33(20)21/h6-11,16-18,28H,12-15H2,1-5H3,(H,30,34)/t16-,17+. The molecular weight excluding hydrogens is 444 g/mol. The monoisotopic (exact) mass is 478 g/mol. The number of nitrogens with zero attached hydrogens (tertiary/aromatic N) is 6. The van der Waals surface area contributed by atoms with Crippen molar-refractivity contribution in [1.29, 1.82) is 0 Å². The van der Waals surface area contributed by atoms with Gasteiger partial charge in [0, 0.05) is 44.5 Å². The molecular formula is C25H34N8O2. The van der Waals surface area contributed by atoms with E-state index in [1.54, 1.807) is 13.3 Å². The van der Waals surface area contributed by atoms with Crippen LogP contribution >= 0.6 is 0 Å². The van der Waals surface area contributed by atoms with Gasteiger partial charge < -0.3 is 29.6 Å². The predicted octanol–water partition coefficient (Wildman–Crippen LogP) is 1.81. The Bertz CT molecular complexity index is 1210. The van der Waals surface area contributed by atoms with Gasteiger partial charge in [-0.05, 0) is 39.8 Å². The average Bonchev–Trinajstić information content (AvgIpc) is 3.22. The number of piperazine rings is 1. The van der Waals surface area contributed by atoms with E-state index < -0.39 is 5.54 Å². The lowest BCUT2D eigenvalue weighted by Gasteiger charge is -2.41. The molecule has 5 heterocycles. The number of nitrogens with one attached hydrogen (secondary N) is 2. The van der Waals surface area contributed by atoms with Crippen molar-refractivity contribution in [2.45, 2.75) is 45.3 Å². The molecule has 0 aromatic carbocycles. The first kappa shape index (κ1) is 23.3. The van der Waals surface area contributed by atoms with Crippen LogP contribution in [-0.2, 0) is 10.3 Å². The van der Waals surface area contributed by atoms with E-state index in [4.69, 9.17) is 9.72 Å². The molecule has 3 aromatic heterocycles. The Morgan fingerprint density at radius 1 is 1.09 bits per heavy atom. The van der Waals surface area contributed by atoms with Crippen LogP contribution in [0.25, 0.3) is 5.65 Å². The Balaban J connectivity index is 1.27. The number of anilines is 2. The summed E-state index contributed by atoms with van der Waals surface area (Å²) in [4.78, 5) is 31.3. The number of amides is 1. The number of carbonyl (C=O) groups is 1. The molecule has 1 amide bonds. The quantitative estimate of drug-likeness (QED) is 0.553. The Kier molecular flexibility index (Phi) is 6.00. The topological polar surface area (TPSA) is 99.9 Å². The summed E-state index contributed by atoms with van der Waals surface area (Å²) in [6, 6.07) is 6.60. The summed E-state index contributed by atoms with van der Waals surface area (Å²) >= 11 is 0. The fraction of sp³-hybridized carbons (Fsp3) is 0.520. The van der Waals surface area contributed by atoms with Crippen molar-refractivity contribution in [3.05, 3.63) is 42.5 Å². The molecule has 0 unspecified atom stereocenters. The molecule has 2 N–H and O–H groups in total. The third-order valence-electron chi connectivity index (χ3n) is 6.83. The molecule has 5 rings (SSSR count). The SMILES string of the molecule is COc1cnc(N2C[C@@H](C)N[C@@H](C)C2)nc1N1CC(C(=O)NC(C)(C)c2cnc3ccccn23)C1. The van der Waals surface area contributed by atoms with Gasteiger partial charge in [0.25, 0.3) is 0 Å². The molecule has 2 fully saturated rings. The van der Waals surface area contributed by atoms with Crippen LogP contribution in [0.3, 0.4) is 0 Å². The molecule has 186 valence electrons. The molecule has 10 nitrogen and oxygen atoms in total. The summed E-state index contributed by atoms with van der Waals surface area (Å²) in [5.74, 6) is 1.95. The number of hydrogen-bond donors (Lipinski definition) is 2. The molecule has 10 heteroatoms. The number of aromatic nitrogens is 4. The molecule has 0 bridgehead atoms. The van der Waals surface area contributed by atoms with Crippen LogP contribution in [0.5, 0.6) is 5.75 Å². The molecule has 0 aliphatic carbocycles. The zero-order chi connectivity index (χ0) is 24.7. The highest BCUT2D eigenvalue weighted by molar-refractivity contribution is 5.83. The largest absolute Gasteiger partial charge is 0.491 e. The first-order chi connectivity index (χ1) is 16.7. The van der Waals surface area contributed by atoms with Gasteiger partial charge in [-0.1, -0.05) is 6.07 Å². The van der Waals surface area contributed by atoms with E-state index in [0.717, 1.165) is 30.2 Å². The number of carbonyl (C=O) groups excluding carboxylic acids is 1. The van der Waals surface area contributed by atoms with Crippen LogP contribution in [0, 0.1) is 5.92 Å². The van der Waals surface area contributed by atoms with Crippen molar-refractivity contribution >= 4 is 23.3 Å². The van der Waals surface area contributed by atoms with E-state index in [-0.39, 0.29) is 11.8 Å². The highest BCUT2D eigenvalue weighted by Crippen LogP contribution is 2.33. The number of fused-ring (bicyclic) bond motifs is 1. The zero-order valence-corrected chi connectivity index (χ0v) is 21.0. The third kappa shape index (κ3) is 4.50. The predicted molar refractivity (Wildman–Crippen MR) is 135 cm³/mol. The van der Waals surface area contributed by atoms with Gasteiger partial charge in [-0.2, -0.15) is 4.98 Å². The fourth-order valence-corrected chi connectivity index (χ4v) is 5.05. The van der Waals surface area contributed by atoms with Gasteiger partial charge in [-0.15, -0.1) is 0 Å². The number of methoxy groups -OCH3 is 1. The molecule has 2 aliphatic heterocycles. The normalized spacial score (nSPS) is 21.2. The highest BCUT2D eigenvalue weighted by atomic mass is 16.5. The van der Waals surface area contributed by atoms with Gasteiger partial charge in [0.05, 0.1) is 36.7 Å². The average molecular weight is 479 g/mol. The second-order valence-electron chi connectivity index (χ2n) is 10.2. The highest BCUT2D eigenvalue weighted by Gasteiger charge is 2.38. The van der Waals surface area contributed by atoms with E-state index in [1.807, 2.05) is 48.8 Å².